The molecule has 1 atom stereocenters. The molecule has 0 aliphatic rings. The van der Waals surface area contributed by atoms with Gasteiger partial charge in [-0.25, -0.2) is 9.37 Å². The van der Waals surface area contributed by atoms with E-state index < -0.39 is 6.04 Å². The number of imidazole rings is 1. The number of ether oxygens (including phenoxy) is 1. The molecular weight excluding hydrogens is 333 g/mol. The molecule has 1 amide bonds. The van der Waals surface area contributed by atoms with Crippen molar-refractivity contribution in [2.24, 2.45) is 7.05 Å². The number of amides is 1. The van der Waals surface area contributed by atoms with Gasteiger partial charge in [-0.05, 0) is 35.4 Å². The van der Waals surface area contributed by atoms with Gasteiger partial charge in [-0.3, -0.25) is 4.79 Å². The average molecular weight is 353 g/mol. The number of methoxy groups -OCH3 is 1. The van der Waals surface area contributed by atoms with Gasteiger partial charge in [-0.15, -0.1) is 0 Å². The number of hydrogen-bond acceptors (Lipinski definition) is 3. The molecule has 1 aromatic heterocycles. The molecule has 2 aromatic carbocycles. The lowest BCUT2D eigenvalue weighted by Crippen LogP contribution is -2.31. The molecule has 1 N–H and O–H groups in total. The number of benzene rings is 2. The standard InChI is InChI=1S/C20H20FN3O2/c1-24-11-10-22-19(24)18(16-4-3-5-17(21)12-16)23-20(25)15-8-6-14(7-9-15)13-26-2/h3-12,18H,13H2,1-2H3,(H,23,25)/t18-/m0/s1. The van der Waals surface area contributed by atoms with Crippen LogP contribution in [0, 0.1) is 5.82 Å². The Labute approximate surface area is 151 Å². The molecular formula is C20H20FN3O2. The van der Waals surface area contributed by atoms with Gasteiger partial charge in [-0.2, -0.15) is 0 Å². The number of carbonyl (C=O) groups excluding carboxylic acids is 1. The van der Waals surface area contributed by atoms with Crippen LogP contribution in [0.25, 0.3) is 0 Å². The fourth-order valence-corrected chi connectivity index (χ4v) is 2.77. The number of rotatable bonds is 6. The van der Waals surface area contributed by atoms with E-state index in [9.17, 15) is 9.18 Å². The summed E-state index contributed by atoms with van der Waals surface area (Å²) in [7, 11) is 3.46. The molecule has 134 valence electrons. The maximum atomic E-state index is 13.7. The lowest BCUT2D eigenvalue weighted by molar-refractivity contribution is 0.0941. The van der Waals surface area contributed by atoms with Crippen molar-refractivity contribution in [1.29, 1.82) is 0 Å². The fraction of sp³-hybridized carbons (Fsp3) is 0.200. The van der Waals surface area contributed by atoms with E-state index in [-0.39, 0.29) is 11.7 Å². The number of hydrogen-bond donors (Lipinski definition) is 1. The third-order valence-corrected chi connectivity index (χ3v) is 4.10. The molecule has 6 heteroatoms. The first-order chi connectivity index (χ1) is 12.6. The van der Waals surface area contributed by atoms with E-state index in [2.05, 4.69) is 10.3 Å². The van der Waals surface area contributed by atoms with Gasteiger partial charge in [0.2, 0.25) is 0 Å². The van der Waals surface area contributed by atoms with E-state index >= 15 is 0 Å². The van der Waals surface area contributed by atoms with Crippen molar-refractivity contribution in [3.05, 3.63) is 89.3 Å². The summed E-state index contributed by atoms with van der Waals surface area (Å²) in [4.78, 5) is 17.0. The number of aromatic nitrogens is 2. The molecule has 5 nitrogen and oxygen atoms in total. The first-order valence-electron chi connectivity index (χ1n) is 8.20. The van der Waals surface area contributed by atoms with Gasteiger partial charge < -0.3 is 14.6 Å². The van der Waals surface area contributed by atoms with E-state index in [4.69, 9.17) is 4.74 Å². The smallest absolute Gasteiger partial charge is 0.252 e. The second-order valence-corrected chi connectivity index (χ2v) is 5.99. The van der Waals surface area contributed by atoms with Crippen LogP contribution in [0.5, 0.6) is 0 Å². The lowest BCUT2D eigenvalue weighted by atomic mass is 10.0. The van der Waals surface area contributed by atoms with Gasteiger partial charge in [0, 0.05) is 32.1 Å². The number of carbonyl (C=O) groups is 1. The number of nitrogens with one attached hydrogen (secondary N) is 1. The first kappa shape index (κ1) is 17.8. The molecule has 0 unspecified atom stereocenters. The van der Waals surface area contributed by atoms with Gasteiger partial charge in [0.25, 0.3) is 5.91 Å². The van der Waals surface area contributed by atoms with E-state index in [0.29, 0.717) is 23.6 Å². The topological polar surface area (TPSA) is 56.1 Å². The Hall–Kier alpha value is -2.99. The quantitative estimate of drug-likeness (QED) is 0.740. The molecule has 0 saturated heterocycles. The van der Waals surface area contributed by atoms with Gasteiger partial charge in [0.1, 0.15) is 17.7 Å². The summed E-state index contributed by atoms with van der Waals surface area (Å²) in [6.07, 6.45) is 3.43. The molecule has 26 heavy (non-hydrogen) atoms. The van der Waals surface area contributed by atoms with Gasteiger partial charge in [0.05, 0.1) is 6.61 Å². The Bertz CT molecular complexity index is 890. The molecule has 3 aromatic rings. The minimum Gasteiger partial charge on any atom is -0.380 e. The van der Waals surface area contributed by atoms with Crippen molar-refractivity contribution in [2.75, 3.05) is 7.11 Å². The van der Waals surface area contributed by atoms with Crippen molar-refractivity contribution < 1.29 is 13.9 Å². The van der Waals surface area contributed by atoms with Crippen LogP contribution in [-0.4, -0.2) is 22.6 Å². The Morgan fingerprint density at radius 2 is 2.04 bits per heavy atom. The van der Waals surface area contributed by atoms with Crippen molar-refractivity contribution in [3.63, 3.8) is 0 Å². The fourth-order valence-electron chi connectivity index (χ4n) is 2.77. The zero-order valence-corrected chi connectivity index (χ0v) is 14.6. The highest BCUT2D eigenvalue weighted by atomic mass is 19.1. The third kappa shape index (κ3) is 3.97. The second kappa shape index (κ2) is 7.93. The molecule has 0 saturated carbocycles. The predicted molar refractivity (Wildman–Crippen MR) is 96.1 cm³/mol. The van der Waals surface area contributed by atoms with E-state index in [1.54, 1.807) is 48.3 Å². The van der Waals surface area contributed by atoms with Crippen molar-refractivity contribution >= 4 is 5.91 Å². The van der Waals surface area contributed by atoms with Crippen LogP contribution in [0.2, 0.25) is 0 Å². The van der Waals surface area contributed by atoms with Crippen LogP contribution in [0.3, 0.4) is 0 Å². The average Bonchev–Trinajstić information content (AvgIpc) is 3.06. The summed E-state index contributed by atoms with van der Waals surface area (Å²) < 4.78 is 20.6. The molecule has 0 radical (unpaired) electrons. The zero-order valence-electron chi connectivity index (χ0n) is 14.6. The molecule has 0 aliphatic carbocycles. The Morgan fingerprint density at radius 3 is 2.65 bits per heavy atom. The van der Waals surface area contributed by atoms with Crippen LogP contribution in [0.1, 0.15) is 33.4 Å². The Kier molecular flexibility index (Phi) is 5.43. The minimum atomic E-state index is -0.558. The van der Waals surface area contributed by atoms with Gasteiger partial charge in [-0.1, -0.05) is 24.3 Å². The lowest BCUT2D eigenvalue weighted by Gasteiger charge is -2.19. The second-order valence-electron chi connectivity index (χ2n) is 5.99. The van der Waals surface area contributed by atoms with Crippen LogP contribution in [0.4, 0.5) is 4.39 Å². The van der Waals surface area contributed by atoms with E-state index in [1.165, 1.54) is 12.1 Å². The van der Waals surface area contributed by atoms with Gasteiger partial charge >= 0.3 is 0 Å². The summed E-state index contributed by atoms with van der Waals surface area (Å²) in [5, 5.41) is 2.95. The number of nitrogens with zero attached hydrogens (tertiary/aromatic N) is 2. The molecule has 0 spiro atoms. The molecule has 0 aliphatic heterocycles. The molecule has 0 fully saturated rings. The number of aryl methyl sites for hydroxylation is 1. The first-order valence-corrected chi connectivity index (χ1v) is 8.20. The zero-order chi connectivity index (χ0) is 18.5. The maximum Gasteiger partial charge on any atom is 0.252 e. The summed E-state index contributed by atoms with van der Waals surface area (Å²) in [5.74, 6) is 0.00561. The molecule has 3 rings (SSSR count). The Morgan fingerprint density at radius 1 is 1.27 bits per heavy atom. The monoisotopic (exact) mass is 353 g/mol. The third-order valence-electron chi connectivity index (χ3n) is 4.10. The highest BCUT2D eigenvalue weighted by molar-refractivity contribution is 5.94. The maximum absolute atomic E-state index is 13.7. The summed E-state index contributed by atoms with van der Waals surface area (Å²) in [6.45, 7) is 0.487. The van der Waals surface area contributed by atoms with E-state index in [0.717, 1.165) is 5.56 Å². The summed E-state index contributed by atoms with van der Waals surface area (Å²) in [5.41, 5.74) is 2.12. The highest BCUT2D eigenvalue weighted by Crippen LogP contribution is 2.22. The SMILES string of the molecule is COCc1ccc(C(=O)N[C@@H](c2cccc(F)c2)c2nccn2C)cc1. The van der Waals surface area contributed by atoms with Gasteiger partial charge in [0.15, 0.2) is 0 Å². The van der Waals surface area contributed by atoms with Crippen LogP contribution in [0.15, 0.2) is 60.9 Å². The largest absolute Gasteiger partial charge is 0.380 e. The molecule has 0 bridgehead atoms. The Balaban J connectivity index is 1.88. The highest BCUT2D eigenvalue weighted by Gasteiger charge is 2.21. The van der Waals surface area contributed by atoms with Crippen LogP contribution < -0.4 is 5.32 Å². The summed E-state index contributed by atoms with van der Waals surface area (Å²) in [6, 6.07) is 12.8. The normalized spacial score (nSPS) is 12.0. The minimum absolute atomic E-state index is 0.258. The van der Waals surface area contributed by atoms with Crippen LogP contribution in [-0.2, 0) is 18.4 Å². The summed E-state index contributed by atoms with van der Waals surface area (Å²) >= 11 is 0. The molecule has 1 heterocycles. The van der Waals surface area contributed by atoms with Crippen molar-refractivity contribution in [1.82, 2.24) is 14.9 Å². The van der Waals surface area contributed by atoms with Crippen molar-refractivity contribution in [2.45, 2.75) is 12.6 Å². The van der Waals surface area contributed by atoms with E-state index in [1.807, 2.05) is 19.2 Å². The van der Waals surface area contributed by atoms with Crippen LogP contribution >= 0.6 is 0 Å². The predicted octanol–water partition coefficient (Wildman–Crippen LogP) is 3.23. The van der Waals surface area contributed by atoms with Crippen molar-refractivity contribution in [3.8, 4) is 0 Å². The number of halogens is 1.